The predicted octanol–water partition coefficient (Wildman–Crippen LogP) is 2.17. The maximum atomic E-state index is 11.8. The van der Waals surface area contributed by atoms with Gasteiger partial charge in [-0.15, -0.1) is 0 Å². The van der Waals surface area contributed by atoms with Crippen molar-refractivity contribution in [3.8, 4) is 0 Å². The lowest BCUT2D eigenvalue weighted by molar-refractivity contribution is -0.237. The Kier molecular flexibility index (Phi) is 8.88. The SMILES string of the molecule is CC(=O)OC[C@H]1O[C@H](Sc2ccc(C)cc2)[C@H](OC(C)=O)[C@@H](OC(C)=O)[C@@H]1OC(C)=O. The third-order valence-corrected chi connectivity index (χ3v) is 5.38. The van der Waals surface area contributed by atoms with Crippen molar-refractivity contribution >= 4 is 35.6 Å². The molecule has 2 rings (SSSR count). The van der Waals surface area contributed by atoms with E-state index in [9.17, 15) is 19.2 Å². The Hall–Kier alpha value is -2.59. The normalized spacial score (nSPS) is 25.3. The summed E-state index contributed by atoms with van der Waals surface area (Å²) in [6, 6.07) is 7.56. The van der Waals surface area contributed by atoms with E-state index in [0.717, 1.165) is 10.5 Å². The molecule has 0 bridgehead atoms. The molecule has 1 heterocycles. The smallest absolute Gasteiger partial charge is 0.303 e. The molecule has 0 saturated carbocycles. The zero-order valence-corrected chi connectivity index (χ0v) is 18.8. The maximum Gasteiger partial charge on any atom is 0.303 e. The van der Waals surface area contributed by atoms with Crippen molar-refractivity contribution in [1.82, 2.24) is 0 Å². The van der Waals surface area contributed by atoms with E-state index in [4.69, 9.17) is 23.7 Å². The van der Waals surface area contributed by atoms with Gasteiger partial charge in [-0.1, -0.05) is 29.5 Å². The third-order valence-electron chi connectivity index (χ3n) is 4.22. The Balaban J connectivity index is 2.43. The van der Waals surface area contributed by atoms with E-state index < -0.39 is 53.7 Å². The van der Waals surface area contributed by atoms with E-state index in [0.29, 0.717) is 0 Å². The first kappa shape index (κ1) is 24.7. The van der Waals surface area contributed by atoms with Crippen molar-refractivity contribution in [2.45, 2.75) is 69.4 Å². The van der Waals surface area contributed by atoms with E-state index in [1.165, 1.54) is 39.5 Å². The molecule has 5 atom stereocenters. The van der Waals surface area contributed by atoms with Crippen molar-refractivity contribution in [3.05, 3.63) is 29.8 Å². The Morgan fingerprint density at radius 3 is 1.84 bits per heavy atom. The Morgan fingerprint density at radius 1 is 0.806 bits per heavy atom. The van der Waals surface area contributed by atoms with Gasteiger partial charge in [0.25, 0.3) is 0 Å². The van der Waals surface area contributed by atoms with Gasteiger partial charge in [0, 0.05) is 32.6 Å². The van der Waals surface area contributed by atoms with Gasteiger partial charge in [0.1, 0.15) is 18.1 Å². The van der Waals surface area contributed by atoms with Gasteiger partial charge in [0.2, 0.25) is 0 Å². The van der Waals surface area contributed by atoms with Gasteiger partial charge < -0.3 is 23.7 Å². The molecule has 0 unspecified atom stereocenters. The fraction of sp³-hybridized carbons (Fsp3) is 0.524. The van der Waals surface area contributed by atoms with Gasteiger partial charge in [0.05, 0.1) is 0 Å². The summed E-state index contributed by atoms with van der Waals surface area (Å²) in [5.74, 6) is -2.50. The topological polar surface area (TPSA) is 114 Å². The molecule has 0 aliphatic carbocycles. The van der Waals surface area contributed by atoms with Gasteiger partial charge in [-0.05, 0) is 19.1 Å². The first-order valence-electron chi connectivity index (χ1n) is 9.60. The van der Waals surface area contributed by atoms with Gasteiger partial charge in [0.15, 0.2) is 18.3 Å². The molecular formula is C21H26O9S. The first-order chi connectivity index (χ1) is 14.6. The van der Waals surface area contributed by atoms with Gasteiger partial charge in [-0.2, -0.15) is 0 Å². The summed E-state index contributed by atoms with van der Waals surface area (Å²) in [4.78, 5) is 47.5. The molecule has 1 saturated heterocycles. The van der Waals surface area contributed by atoms with Gasteiger partial charge in [-0.3, -0.25) is 19.2 Å². The lowest BCUT2D eigenvalue weighted by Crippen LogP contribution is -2.61. The minimum atomic E-state index is -1.16. The molecule has 1 aliphatic heterocycles. The number of carbonyl (C=O) groups is 4. The van der Waals surface area contributed by atoms with Crippen molar-refractivity contribution in [3.63, 3.8) is 0 Å². The highest BCUT2D eigenvalue weighted by molar-refractivity contribution is 7.99. The predicted molar refractivity (Wildman–Crippen MR) is 109 cm³/mol. The van der Waals surface area contributed by atoms with Crippen molar-refractivity contribution in [1.29, 1.82) is 0 Å². The lowest BCUT2D eigenvalue weighted by atomic mass is 9.99. The van der Waals surface area contributed by atoms with E-state index in [-0.39, 0.29) is 6.61 Å². The summed E-state index contributed by atoms with van der Waals surface area (Å²) in [6.45, 7) is 6.51. The summed E-state index contributed by atoms with van der Waals surface area (Å²) in [5.41, 5.74) is 0.231. The quantitative estimate of drug-likeness (QED) is 0.448. The van der Waals surface area contributed by atoms with E-state index in [1.807, 2.05) is 31.2 Å². The molecule has 9 nitrogen and oxygen atoms in total. The number of thioether (sulfide) groups is 1. The molecule has 10 heteroatoms. The van der Waals surface area contributed by atoms with Crippen molar-refractivity contribution in [2.75, 3.05) is 6.61 Å². The fourth-order valence-corrected chi connectivity index (χ4v) is 4.14. The first-order valence-corrected chi connectivity index (χ1v) is 10.5. The second kappa shape index (κ2) is 11.1. The highest BCUT2D eigenvalue weighted by atomic mass is 32.2. The molecule has 0 spiro atoms. The number of hydrogen-bond acceptors (Lipinski definition) is 10. The Bertz CT molecular complexity index is 808. The van der Waals surface area contributed by atoms with Crippen LogP contribution < -0.4 is 0 Å². The summed E-state index contributed by atoms with van der Waals surface area (Å²) in [5, 5.41) is 0. The molecule has 1 aliphatic rings. The molecule has 0 aromatic heterocycles. The van der Waals surface area contributed by atoms with Crippen LogP contribution in [0.15, 0.2) is 29.2 Å². The second-order valence-corrected chi connectivity index (χ2v) is 8.17. The monoisotopic (exact) mass is 454 g/mol. The second-order valence-electron chi connectivity index (χ2n) is 7.00. The third kappa shape index (κ3) is 7.55. The van der Waals surface area contributed by atoms with E-state index in [2.05, 4.69) is 0 Å². The van der Waals surface area contributed by atoms with Crippen LogP contribution >= 0.6 is 11.8 Å². The van der Waals surface area contributed by atoms with Crippen molar-refractivity contribution < 1.29 is 42.9 Å². The average Bonchev–Trinajstić information content (AvgIpc) is 2.65. The highest BCUT2D eigenvalue weighted by Gasteiger charge is 2.52. The van der Waals surface area contributed by atoms with Crippen LogP contribution in [0.1, 0.15) is 33.3 Å². The van der Waals surface area contributed by atoms with Crippen LogP contribution in [0.3, 0.4) is 0 Å². The summed E-state index contributed by atoms with van der Waals surface area (Å²) < 4.78 is 27.3. The molecule has 1 fully saturated rings. The Labute approximate surface area is 184 Å². The zero-order valence-electron chi connectivity index (χ0n) is 18.0. The number of ether oxygens (including phenoxy) is 5. The van der Waals surface area contributed by atoms with Crippen LogP contribution in [0, 0.1) is 6.92 Å². The number of aryl methyl sites for hydroxylation is 1. The standard InChI is InChI=1S/C21H26O9S/c1-11-6-8-16(9-7-11)31-21-20(29-15(5)25)19(28-14(4)24)18(27-13(3)23)17(30-21)10-26-12(2)22/h6-9,17-21H,10H2,1-5H3/t17-,18-,19+,20-,21-/m1/s1. The number of esters is 4. The minimum absolute atomic E-state index is 0.247. The van der Waals surface area contributed by atoms with Crippen LogP contribution in [0.4, 0.5) is 0 Å². The fourth-order valence-electron chi connectivity index (χ4n) is 3.03. The summed E-state index contributed by atoms with van der Waals surface area (Å²) >= 11 is 1.24. The van der Waals surface area contributed by atoms with Crippen LogP contribution in [0.5, 0.6) is 0 Å². The largest absolute Gasteiger partial charge is 0.463 e. The van der Waals surface area contributed by atoms with Gasteiger partial charge in [-0.25, -0.2) is 0 Å². The molecule has 0 N–H and O–H groups in total. The molecule has 0 amide bonds. The summed E-state index contributed by atoms with van der Waals surface area (Å²) in [6.07, 6.45) is -4.35. The van der Waals surface area contributed by atoms with Crippen LogP contribution in [0.25, 0.3) is 0 Å². The maximum absolute atomic E-state index is 11.8. The summed E-state index contributed by atoms with van der Waals surface area (Å²) in [7, 11) is 0. The number of benzene rings is 1. The molecular weight excluding hydrogens is 428 g/mol. The highest BCUT2D eigenvalue weighted by Crippen LogP contribution is 2.37. The van der Waals surface area contributed by atoms with Crippen LogP contribution in [-0.4, -0.2) is 60.3 Å². The number of rotatable bonds is 7. The molecule has 1 aromatic rings. The molecule has 31 heavy (non-hydrogen) atoms. The number of hydrogen-bond donors (Lipinski definition) is 0. The zero-order chi connectivity index (χ0) is 23.1. The van der Waals surface area contributed by atoms with Gasteiger partial charge >= 0.3 is 23.9 Å². The molecule has 0 radical (unpaired) electrons. The minimum Gasteiger partial charge on any atom is -0.463 e. The average molecular weight is 454 g/mol. The van der Waals surface area contributed by atoms with Crippen LogP contribution in [-0.2, 0) is 42.9 Å². The lowest BCUT2D eigenvalue weighted by Gasteiger charge is -2.44. The molecule has 170 valence electrons. The van der Waals surface area contributed by atoms with Crippen molar-refractivity contribution in [2.24, 2.45) is 0 Å². The van der Waals surface area contributed by atoms with Crippen LogP contribution in [0.2, 0.25) is 0 Å². The Morgan fingerprint density at radius 2 is 1.32 bits per heavy atom. The molecule has 1 aromatic carbocycles. The number of carbonyl (C=O) groups excluding carboxylic acids is 4. The van der Waals surface area contributed by atoms with E-state index in [1.54, 1.807) is 0 Å². The van der Waals surface area contributed by atoms with E-state index >= 15 is 0 Å².